The molecule has 0 heterocycles. The molecule has 2 rings (SSSR count). The maximum absolute atomic E-state index is 11.2. The van der Waals surface area contributed by atoms with Crippen LogP contribution in [0.25, 0.3) is 0 Å². The van der Waals surface area contributed by atoms with Crippen LogP contribution in [0.15, 0.2) is 51.5 Å². The van der Waals surface area contributed by atoms with Crippen LogP contribution in [-0.2, 0) is 4.79 Å². The number of phenols is 1. The van der Waals surface area contributed by atoms with Crippen molar-refractivity contribution in [3.8, 4) is 5.75 Å². The van der Waals surface area contributed by atoms with Gasteiger partial charge in [0, 0.05) is 0 Å². The lowest BCUT2D eigenvalue weighted by Crippen LogP contribution is -2.07. The number of nitrogens with zero attached hydrogens (tertiary/aromatic N) is 1. The molecular weight excluding hydrogens is 261 g/mol. The molecule has 86 valence electrons. The number of benzene rings is 1. The molecule has 0 amide bonds. The van der Waals surface area contributed by atoms with Crippen LogP contribution in [0.5, 0.6) is 5.75 Å². The summed E-state index contributed by atoms with van der Waals surface area (Å²) >= 11 is 11.6. The van der Waals surface area contributed by atoms with Gasteiger partial charge in [-0.05, 0) is 36.4 Å². The first-order valence-electron chi connectivity index (χ1n) is 4.73. The van der Waals surface area contributed by atoms with Gasteiger partial charge in [0.05, 0.1) is 16.4 Å². The Kier molecular flexibility index (Phi) is 3.31. The van der Waals surface area contributed by atoms with Crippen LogP contribution in [0.1, 0.15) is 0 Å². The van der Waals surface area contributed by atoms with Crippen LogP contribution in [0.4, 0.5) is 5.69 Å². The number of rotatable bonds is 1. The molecule has 1 aliphatic carbocycles. The number of ketones is 1. The molecule has 0 fully saturated rings. The van der Waals surface area contributed by atoms with Crippen LogP contribution >= 0.6 is 23.2 Å². The van der Waals surface area contributed by atoms with Crippen molar-refractivity contribution in [1.29, 1.82) is 0 Å². The van der Waals surface area contributed by atoms with Crippen LogP contribution in [0.3, 0.4) is 0 Å². The molecule has 0 unspecified atom stereocenters. The van der Waals surface area contributed by atoms with Crippen molar-refractivity contribution in [2.75, 3.05) is 0 Å². The average Bonchev–Trinajstić information content (AvgIpc) is 2.33. The van der Waals surface area contributed by atoms with Gasteiger partial charge >= 0.3 is 0 Å². The molecule has 0 radical (unpaired) electrons. The number of carbonyl (C=O) groups excluding carboxylic acids is 1. The minimum Gasteiger partial charge on any atom is -0.508 e. The van der Waals surface area contributed by atoms with Gasteiger partial charge in [-0.25, -0.2) is 4.99 Å². The summed E-state index contributed by atoms with van der Waals surface area (Å²) in [5, 5.41) is 9.22. The van der Waals surface area contributed by atoms with E-state index in [-0.39, 0.29) is 21.6 Å². The summed E-state index contributed by atoms with van der Waals surface area (Å²) in [6, 6.07) is 6.28. The fraction of sp³-hybridized carbons (Fsp3) is 0. The van der Waals surface area contributed by atoms with E-state index in [1.54, 1.807) is 12.1 Å². The largest absolute Gasteiger partial charge is 0.508 e. The minimum atomic E-state index is -0.332. The van der Waals surface area contributed by atoms with E-state index < -0.39 is 0 Å². The average molecular weight is 268 g/mol. The Balaban J connectivity index is 2.38. The zero-order valence-electron chi connectivity index (χ0n) is 8.52. The molecule has 17 heavy (non-hydrogen) atoms. The van der Waals surface area contributed by atoms with Gasteiger partial charge in [-0.3, -0.25) is 4.79 Å². The monoisotopic (exact) mass is 267 g/mol. The molecule has 1 N–H and O–H groups in total. The summed E-state index contributed by atoms with van der Waals surface area (Å²) in [5.41, 5.74) is 1.03. The third-order valence-electron chi connectivity index (χ3n) is 2.13. The predicted octanol–water partition coefficient (Wildman–Crippen LogP) is 3.29. The SMILES string of the molecule is O=C1C=CC(=Nc2ccc(O)cc2)C(Cl)=C1Cl. The second-order valence-corrected chi connectivity index (χ2v) is 4.09. The van der Waals surface area contributed by atoms with Crippen molar-refractivity contribution in [3.05, 3.63) is 46.5 Å². The Morgan fingerprint density at radius 3 is 2.29 bits per heavy atom. The van der Waals surface area contributed by atoms with Crippen molar-refractivity contribution in [3.63, 3.8) is 0 Å². The van der Waals surface area contributed by atoms with E-state index in [2.05, 4.69) is 4.99 Å². The van der Waals surface area contributed by atoms with E-state index in [1.807, 2.05) is 0 Å². The lowest BCUT2D eigenvalue weighted by Gasteiger charge is -2.07. The molecule has 0 saturated heterocycles. The molecule has 0 bridgehead atoms. The van der Waals surface area contributed by atoms with Crippen LogP contribution < -0.4 is 0 Å². The van der Waals surface area contributed by atoms with Crippen molar-refractivity contribution in [2.45, 2.75) is 0 Å². The van der Waals surface area contributed by atoms with Crippen LogP contribution in [0, 0.1) is 0 Å². The van der Waals surface area contributed by atoms with E-state index in [9.17, 15) is 4.79 Å². The maximum Gasteiger partial charge on any atom is 0.198 e. The topological polar surface area (TPSA) is 49.7 Å². The number of hydrogen-bond acceptors (Lipinski definition) is 3. The van der Waals surface area contributed by atoms with Crippen LogP contribution in [0.2, 0.25) is 0 Å². The first kappa shape index (κ1) is 11.9. The van der Waals surface area contributed by atoms with Crippen LogP contribution in [-0.4, -0.2) is 16.6 Å². The number of allylic oxidation sites excluding steroid dienone is 4. The molecule has 0 spiro atoms. The van der Waals surface area contributed by atoms with Gasteiger partial charge in [-0.15, -0.1) is 0 Å². The summed E-state index contributed by atoms with van der Waals surface area (Å²) in [6.45, 7) is 0. The summed E-state index contributed by atoms with van der Waals surface area (Å²) in [5.74, 6) is -0.177. The second kappa shape index (κ2) is 4.73. The number of aromatic hydroxyl groups is 1. The Morgan fingerprint density at radius 1 is 1.00 bits per heavy atom. The minimum absolute atomic E-state index is 0.0355. The number of phenolic OH excluding ortho intramolecular Hbond substituents is 1. The number of halogens is 2. The lowest BCUT2D eigenvalue weighted by atomic mass is 10.1. The smallest absolute Gasteiger partial charge is 0.198 e. The van der Waals surface area contributed by atoms with Crippen molar-refractivity contribution in [1.82, 2.24) is 0 Å². The Bertz CT molecular complexity index is 556. The van der Waals surface area contributed by atoms with Gasteiger partial charge in [-0.1, -0.05) is 23.2 Å². The van der Waals surface area contributed by atoms with Gasteiger partial charge in [0.15, 0.2) is 5.78 Å². The molecule has 1 aromatic rings. The number of hydrogen-bond donors (Lipinski definition) is 1. The fourth-order valence-electron chi connectivity index (χ4n) is 1.27. The highest BCUT2D eigenvalue weighted by Crippen LogP contribution is 2.25. The summed E-state index contributed by atoms with van der Waals surface area (Å²) in [4.78, 5) is 15.4. The van der Waals surface area contributed by atoms with E-state index >= 15 is 0 Å². The van der Waals surface area contributed by atoms with Gasteiger partial charge in [0.1, 0.15) is 10.8 Å². The maximum atomic E-state index is 11.2. The van der Waals surface area contributed by atoms with E-state index in [1.165, 1.54) is 24.3 Å². The summed E-state index contributed by atoms with van der Waals surface area (Å²) < 4.78 is 0. The predicted molar refractivity (Wildman–Crippen MR) is 68.1 cm³/mol. The zero-order chi connectivity index (χ0) is 12.4. The van der Waals surface area contributed by atoms with E-state index in [0.717, 1.165) is 0 Å². The Hall–Kier alpha value is -1.58. The van der Waals surface area contributed by atoms with E-state index in [0.29, 0.717) is 11.4 Å². The third kappa shape index (κ3) is 2.57. The Labute approximate surface area is 108 Å². The molecule has 3 nitrogen and oxygen atoms in total. The van der Waals surface area contributed by atoms with Gasteiger partial charge in [0.25, 0.3) is 0 Å². The Morgan fingerprint density at radius 2 is 1.65 bits per heavy atom. The van der Waals surface area contributed by atoms with E-state index in [4.69, 9.17) is 28.3 Å². The van der Waals surface area contributed by atoms with Crippen molar-refractivity contribution >= 4 is 40.4 Å². The van der Waals surface area contributed by atoms with Gasteiger partial charge in [0.2, 0.25) is 0 Å². The first-order valence-corrected chi connectivity index (χ1v) is 5.49. The fourth-order valence-corrected chi connectivity index (χ4v) is 1.63. The van der Waals surface area contributed by atoms with Crippen molar-refractivity contribution in [2.24, 2.45) is 4.99 Å². The molecule has 0 atom stereocenters. The standard InChI is InChI=1S/C12H7Cl2NO2/c13-11-9(5-6-10(17)12(11)14)15-7-1-3-8(16)4-2-7/h1-6,16H. The number of carbonyl (C=O) groups is 1. The molecule has 1 aromatic carbocycles. The molecule has 0 aliphatic heterocycles. The van der Waals surface area contributed by atoms with Gasteiger partial charge < -0.3 is 5.11 Å². The zero-order valence-corrected chi connectivity index (χ0v) is 10.0. The molecule has 5 heteroatoms. The molecular formula is C12H7Cl2NO2. The highest BCUT2D eigenvalue weighted by molar-refractivity contribution is 6.58. The lowest BCUT2D eigenvalue weighted by molar-refractivity contribution is -0.110. The molecule has 1 aliphatic rings. The highest BCUT2D eigenvalue weighted by Gasteiger charge is 2.17. The third-order valence-corrected chi connectivity index (χ3v) is 2.98. The number of aliphatic imine (C=N–C) groups is 1. The quantitative estimate of drug-likeness (QED) is 0.794. The summed E-state index contributed by atoms with van der Waals surface area (Å²) in [6.07, 6.45) is 2.82. The summed E-state index contributed by atoms with van der Waals surface area (Å²) in [7, 11) is 0. The second-order valence-electron chi connectivity index (χ2n) is 3.34. The normalized spacial score (nSPS) is 18.0. The van der Waals surface area contributed by atoms with Crippen molar-refractivity contribution < 1.29 is 9.90 Å². The van der Waals surface area contributed by atoms with Gasteiger partial charge in [-0.2, -0.15) is 0 Å². The first-order chi connectivity index (χ1) is 8.08. The molecule has 0 saturated carbocycles. The molecule has 0 aromatic heterocycles. The highest BCUT2D eigenvalue weighted by atomic mass is 35.5.